The number of rotatable bonds is 13. The van der Waals surface area contributed by atoms with E-state index in [2.05, 4.69) is 0 Å². The van der Waals surface area contributed by atoms with Gasteiger partial charge in [0, 0.05) is 12.1 Å². The molecule has 2 aromatic carbocycles. The van der Waals surface area contributed by atoms with Crippen molar-refractivity contribution in [3.05, 3.63) is 29.8 Å². The lowest BCUT2D eigenvalue weighted by Gasteiger charge is -2.42. The maximum Gasteiger partial charge on any atom is 0.338 e. The molecular weight excluding hydrogens is 620 g/mol. The van der Waals surface area contributed by atoms with Crippen LogP contribution >= 0.6 is 0 Å². The van der Waals surface area contributed by atoms with Crippen LogP contribution in [0.4, 0.5) is 0 Å². The Morgan fingerprint density at radius 3 is 1.98 bits per heavy atom. The first-order valence-corrected chi connectivity index (χ1v) is 13.8. The minimum Gasteiger partial charge on any atom is -0.502 e. The zero-order valence-corrected chi connectivity index (χ0v) is 25.6. The van der Waals surface area contributed by atoms with Gasteiger partial charge in [-0.25, -0.2) is 4.79 Å². The van der Waals surface area contributed by atoms with Gasteiger partial charge in [-0.15, -0.1) is 0 Å². The number of hydrogen-bond donors (Lipinski definition) is 6. The summed E-state index contributed by atoms with van der Waals surface area (Å²) in [4.78, 5) is 12.7. The van der Waals surface area contributed by atoms with E-state index in [0.29, 0.717) is 0 Å². The van der Waals surface area contributed by atoms with E-state index in [1.54, 1.807) is 0 Å². The molecule has 17 heteroatoms. The largest absolute Gasteiger partial charge is 0.502 e. The van der Waals surface area contributed by atoms with Crippen LogP contribution < -0.4 is 28.4 Å². The molecule has 6 N–H and O–H groups in total. The van der Waals surface area contributed by atoms with Crippen molar-refractivity contribution in [3.8, 4) is 40.2 Å². The summed E-state index contributed by atoms with van der Waals surface area (Å²) in [5, 5.41) is 63.7. The van der Waals surface area contributed by atoms with E-state index in [4.69, 9.17) is 47.4 Å². The molecule has 2 aliphatic rings. The lowest BCUT2D eigenvalue weighted by atomic mass is 9.98. The summed E-state index contributed by atoms with van der Waals surface area (Å²) >= 11 is 0. The molecule has 5 unspecified atom stereocenters. The fraction of sp³-hybridized carbons (Fsp3) is 0.552. The number of phenols is 1. The van der Waals surface area contributed by atoms with Crippen LogP contribution in [0.5, 0.6) is 40.2 Å². The molecule has 2 heterocycles. The second-order valence-electron chi connectivity index (χ2n) is 10.3. The van der Waals surface area contributed by atoms with Gasteiger partial charge in [0.05, 0.1) is 54.3 Å². The maximum absolute atomic E-state index is 12.7. The SMILES string of the molecule is COc1cc(C(=O)OC[C@@]2(O)CO[C@H](OC3C(CO)OC(Oc4cc(OC)c(OC)c(OC)c4)C(O)C3O)[C@@H]2O)cc(OC)c1O. The first-order chi connectivity index (χ1) is 21.9. The number of aromatic hydroxyl groups is 1. The summed E-state index contributed by atoms with van der Waals surface area (Å²) in [6.07, 6.45) is -11.2. The Kier molecular flexibility index (Phi) is 11.2. The predicted octanol–water partition coefficient (Wildman–Crippen LogP) is -1.06. The van der Waals surface area contributed by atoms with E-state index >= 15 is 0 Å². The molecule has 2 fully saturated rings. The summed E-state index contributed by atoms with van der Waals surface area (Å²) in [5.74, 6) is -0.514. The summed E-state index contributed by atoms with van der Waals surface area (Å²) < 4.78 is 53.6. The Bertz CT molecular complexity index is 1300. The minimum absolute atomic E-state index is 0.0623. The molecule has 0 spiro atoms. The Morgan fingerprint density at radius 1 is 0.870 bits per heavy atom. The van der Waals surface area contributed by atoms with Gasteiger partial charge in [-0.1, -0.05) is 0 Å². The minimum atomic E-state index is -2.16. The van der Waals surface area contributed by atoms with Crippen molar-refractivity contribution < 1.29 is 82.8 Å². The lowest BCUT2D eigenvalue weighted by molar-refractivity contribution is -0.313. The third kappa shape index (κ3) is 6.96. The summed E-state index contributed by atoms with van der Waals surface area (Å²) in [7, 11) is 6.76. The fourth-order valence-corrected chi connectivity index (χ4v) is 4.91. The molecule has 2 saturated heterocycles. The molecule has 2 aromatic rings. The smallest absolute Gasteiger partial charge is 0.338 e. The van der Waals surface area contributed by atoms with Crippen molar-refractivity contribution in [1.82, 2.24) is 0 Å². The number of methoxy groups -OCH3 is 5. The van der Waals surface area contributed by atoms with Gasteiger partial charge in [-0.05, 0) is 12.1 Å². The van der Waals surface area contributed by atoms with Crippen LogP contribution in [-0.4, -0.2) is 141 Å². The van der Waals surface area contributed by atoms with E-state index in [-0.39, 0.29) is 45.8 Å². The quantitative estimate of drug-likeness (QED) is 0.141. The predicted molar refractivity (Wildman–Crippen MR) is 152 cm³/mol. The van der Waals surface area contributed by atoms with E-state index in [1.165, 1.54) is 59.8 Å². The number of phenolic OH excluding ortho intramolecular Hbond substituents is 1. The number of aliphatic hydroxyl groups excluding tert-OH is 4. The first-order valence-electron chi connectivity index (χ1n) is 13.8. The van der Waals surface area contributed by atoms with Crippen molar-refractivity contribution >= 4 is 5.97 Å². The van der Waals surface area contributed by atoms with Crippen LogP contribution in [0.1, 0.15) is 10.4 Å². The molecule has 0 amide bonds. The van der Waals surface area contributed by atoms with Crippen LogP contribution in [0, 0.1) is 0 Å². The Labute approximate surface area is 263 Å². The highest BCUT2D eigenvalue weighted by atomic mass is 16.7. The van der Waals surface area contributed by atoms with Crippen molar-refractivity contribution in [3.63, 3.8) is 0 Å². The number of esters is 1. The average molecular weight is 659 g/mol. The van der Waals surface area contributed by atoms with Crippen molar-refractivity contribution in [2.45, 2.75) is 48.7 Å². The first kappa shape index (κ1) is 35.1. The van der Waals surface area contributed by atoms with Gasteiger partial charge in [0.15, 0.2) is 34.9 Å². The van der Waals surface area contributed by atoms with Crippen LogP contribution in [-0.2, 0) is 18.9 Å². The van der Waals surface area contributed by atoms with Gasteiger partial charge >= 0.3 is 5.97 Å². The molecule has 4 rings (SSSR count). The Balaban J connectivity index is 1.41. The van der Waals surface area contributed by atoms with Crippen LogP contribution in [0.15, 0.2) is 24.3 Å². The van der Waals surface area contributed by atoms with Gasteiger partial charge in [-0.2, -0.15) is 0 Å². The Morgan fingerprint density at radius 2 is 1.46 bits per heavy atom. The van der Waals surface area contributed by atoms with Gasteiger partial charge in [0.2, 0.25) is 17.8 Å². The highest BCUT2D eigenvalue weighted by Crippen LogP contribution is 2.42. The van der Waals surface area contributed by atoms with Crippen molar-refractivity contribution in [2.24, 2.45) is 0 Å². The topological polar surface area (TPSA) is 231 Å². The molecule has 17 nitrogen and oxygen atoms in total. The average Bonchev–Trinajstić information content (AvgIpc) is 3.35. The zero-order chi connectivity index (χ0) is 33.8. The van der Waals surface area contributed by atoms with Crippen molar-refractivity contribution in [2.75, 3.05) is 55.4 Å². The number of ether oxygens (including phenoxy) is 10. The van der Waals surface area contributed by atoms with Crippen LogP contribution in [0.25, 0.3) is 0 Å². The van der Waals surface area contributed by atoms with E-state index in [0.717, 1.165) is 0 Å². The fourth-order valence-electron chi connectivity index (χ4n) is 4.91. The van der Waals surface area contributed by atoms with Crippen LogP contribution in [0.2, 0.25) is 0 Å². The standard InChI is InChI=1S/C29H38O17/c1-37-15-6-13(7-16(38-2)20(15)31)26(35)42-11-29(36)12-43-28(25(29)34)46-24-19(10-30)45-27(22(33)21(24)32)44-14-8-17(39-3)23(41-5)18(9-14)40-4/h6-9,19,21-22,24-25,27-28,30-34,36H,10-12H2,1-5H3/t19?,21?,22?,24?,25-,27?,28+,29+/m0/s1. The molecule has 0 bridgehead atoms. The second-order valence-corrected chi connectivity index (χ2v) is 10.3. The van der Waals surface area contributed by atoms with Gasteiger partial charge in [0.25, 0.3) is 0 Å². The highest BCUT2D eigenvalue weighted by Gasteiger charge is 2.54. The van der Waals surface area contributed by atoms with Gasteiger partial charge in [-0.3, -0.25) is 0 Å². The molecular formula is C29H38O17. The number of carbonyl (C=O) groups is 1. The molecule has 46 heavy (non-hydrogen) atoms. The molecule has 0 aliphatic carbocycles. The van der Waals surface area contributed by atoms with Gasteiger partial charge < -0.3 is 78.0 Å². The van der Waals surface area contributed by atoms with E-state index in [9.17, 15) is 35.4 Å². The van der Waals surface area contributed by atoms with Crippen LogP contribution in [0.3, 0.4) is 0 Å². The van der Waals surface area contributed by atoms with Gasteiger partial charge in [0.1, 0.15) is 42.9 Å². The summed E-state index contributed by atoms with van der Waals surface area (Å²) in [6, 6.07) is 5.26. The normalized spacial score (nSPS) is 29.1. The van der Waals surface area contributed by atoms with Crippen molar-refractivity contribution in [1.29, 1.82) is 0 Å². The molecule has 256 valence electrons. The molecule has 0 aromatic heterocycles. The molecule has 8 atom stereocenters. The number of aliphatic hydroxyl groups is 5. The lowest BCUT2D eigenvalue weighted by Crippen LogP contribution is -2.62. The monoisotopic (exact) mass is 658 g/mol. The van der Waals surface area contributed by atoms with E-state index in [1.807, 2.05) is 0 Å². The Hall–Kier alpha value is -3.81. The zero-order valence-electron chi connectivity index (χ0n) is 25.6. The molecule has 0 saturated carbocycles. The third-order valence-corrected chi connectivity index (χ3v) is 7.48. The molecule has 2 aliphatic heterocycles. The third-order valence-electron chi connectivity index (χ3n) is 7.48. The number of hydrogen-bond acceptors (Lipinski definition) is 17. The maximum atomic E-state index is 12.7. The molecule has 0 radical (unpaired) electrons. The highest BCUT2D eigenvalue weighted by molar-refractivity contribution is 5.91. The number of benzene rings is 2. The summed E-state index contributed by atoms with van der Waals surface area (Å²) in [5.41, 5.74) is -2.24. The second kappa shape index (κ2) is 14.7. The summed E-state index contributed by atoms with van der Waals surface area (Å²) in [6.45, 7) is -2.02. The number of carbonyl (C=O) groups excluding carboxylic acids is 1. The van der Waals surface area contributed by atoms with E-state index < -0.39 is 74.5 Å².